The van der Waals surface area contributed by atoms with Gasteiger partial charge in [0.2, 0.25) is 0 Å². The lowest BCUT2D eigenvalue weighted by Gasteiger charge is -2.22. The molecule has 1 aliphatic rings. The van der Waals surface area contributed by atoms with Crippen LogP contribution in [0, 0.1) is 0 Å². The summed E-state index contributed by atoms with van der Waals surface area (Å²) in [6.45, 7) is 3.19. The molecular formula is C19H23NO4S. The summed E-state index contributed by atoms with van der Waals surface area (Å²) >= 11 is 0. The summed E-state index contributed by atoms with van der Waals surface area (Å²) in [5.74, 6) is 0.625. The normalized spacial score (nSPS) is 16.5. The SMILES string of the molecule is CCCc1c(OCC2CO2)cccc1S(=O)(=O)N(C)c1ccccc1. The van der Waals surface area contributed by atoms with Gasteiger partial charge in [-0.2, -0.15) is 0 Å². The molecule has 2 aromatic rings. The van der Waals surface area contributed by atoms with E-state index in [0.717, 1.165) is 12.0 Å². The van der Waals surface area contributed by atoms with Crippen molar-refractivity contribution in [2.45, 2.75) is 30.8 Å². The van der Waals surface area contributed by atoms with Gasteiger partial charge in [0, 0.05) is 12.6 Å². The van der Waals surface area contributed by atoms with Crippen molar-refractivity contribution in [1.82, 2.24) is 0 Å². The minimum atomic E-state index is -3.67. The second kappa shape index (κ2) is 7.45. The molecule has 0 radical (unpaired) electrons. The number of nitrogens with zero attached hydrogens (tertiary/aromatic N) is 1. The molecule has 0 saturated carbocycles. The Kier molecular flexibility index (Phi) is 5.30. The number of hydrogen-bond acceptors (Lipinski definition) is 4. The quantitative estimate of drug-likeness (QED) is 0.677. The van der Waals surface area contributed by atoms with Crippen LogP contribution in [0.5, 0.6) is 5.75 Å². The van der Waals surface area contributed by atoms with E-state index in [4.69, 9.17) is 9.47 Å². The number of epoxide rings is 1. The highest BCUT2D eigenvalue weighted by Crippen LogP contribution is 2.31. The zero-order chi connectivity index (χ0) is 17.9. The molecule has 5 nitrogen and oxygen atoms in total. The summed E-state index contributed by atoms with van der Waals surface area (Å²) in [5, 5.41) is 0. The van der Waals surface area contributed by atoms with E-state index in [2.05, 4.69) is 0 Å². The summed E-state index contributed by atoms with van der Waals surface area (Å²) in [4.78, 5) is 0.301. The molecule has 1 unspecified atom stereocenters. The molecule has 25 heavy (non-hydrogen) atoms. The summed E-state index contributed by atoms with van der Waals surface area (Å²) in [7, 11) is -2.09. The Hall–Kier alpha value is -2.05. The molecule has 1 atom stereocenters. The Morgan fingerprint density at radius 2 is 1.88 bits per heavy atom. The van der Waals surface area contributed by atoms with Crippen molar-refractivity contribution in [2.24, 2.45) is 0 Å². The number of sulfonamides is 1. The number of hydrogen-bond donors (Lipinski definition) is 0. The Labute approximate surface area is 149 Å². The van der Waals surface area contributed by atoms with Crippen LogP contribution in [0.25, 0.3) is 0 Å². The Morgan fingerprint density at radius 1 is 1.16 bits per heavy atom. The van der Waals surface area contributed by atoms with Crippen molar-refractivity contribution < 1.29 is 17.9 Å². The molecule has 3 rings (SSSR count). The fourth-order valence-corrected chi connectivity index (χ4v) is 4.15. The second-order valence-electron chi connectivity index (χ2n) is 6.06. The molecule has 0 aliphatic carbocycles. The average Bonchev–Trinajstić information content (AvgIpc) is 3.45. The molecule has 1 heterocycles. The van der Waals surface area contributed by atoms with E-state index in [1.54, 1.807) is 31.3 Å². The third kappa shape index (κ3) is 3.96. The Balaban J connectivity index is 1.97. The minimum Gasteiger partial charge on any atom is -0.490 e. The van der Waals surface area contributed by atoms with Crippen LogP contribution in [-0.4, -0.2) is 34.8 Å². The fraction of sp³-hybridized carbons (Fsp3) is 0.368. The van der Waals surface area contributed by atoms with Crippen LogP contribution in [0.4, 0.5) is 5.69 Å². The molecule has 2 aromatic carbocycles. The molecule has 1 saturated heterocycles. The van der Waals surface area contributed by atoms with Gasteiger partial charge >= 0.3 is 0 Å². The topological polar surface area (TPSA) is 59.1 Å². The van der Waals surface area contributed by atoms with E-state index in [-0.39, 0.29) is 6.10 Å². The van der Waals surface area contributed by atoms with Crippen molar-refractivity contribution in [3.05, 3.63) is 54.1 Å². The smallest absolute Gasteiger partial charge is 0.264 e. The van der Waals surface area contributed by atoms with Gasteiger partial charge < -0.3 is 9.47 Å². The lowest BCUT2D eigenvalue weighted by atomic mass is 10.1. The predicted octanol–water partition coefficient (Wildman–Crippen LogP) is 3.24. The summed E-state index contributed by atoms with van der Waals surface area (Å²) in [6, 6.07) is 14.3. The summed E-state index contributed by atoms with van der Waals surface area (Å²) in [5.41, 5.74) is 1.36. The first-order valence-corrected chi connectivity index (χ1v) is 9.88. The highest BCUT2D eigenvalue weighted by molar-refractivity contribution is 7.92. The van der Waals surface area contributed by atoms with E-state index in [0.29, 0.717) is 36.0 Å². The third-order valence-corrected chi connectivity index (χ3v) is 6.05. The molecule has 0 amide bonds. The number of benzene rings is 2. The Bertz CT molecular complexity index is 817. The zero-order valence-corrected chi connectivity index (χ0v) is 15.3. The second-order valence-corrected chi connectivity index (χ2v) is 7.99. The van der Waals surface area contributed by atoms with E-state index in [9.17, 15) is 8.42 Å². The van der Waals surface area contributed by atoms with Crippen LogP contribution < -0.4 is 9.04 Å². The van der Waals surface area contributed by atoms with Crippen molar-refractivity contribution >= 4 is 15.7 Å². The lowest BCUT2D eigenvalue weighted by molar-refractivity contribution is 0.260. The van der Waals surface area contributed by atoms with Gasteiger partial charge in [-0.3, -0.25) is 4.31 Å². The molecule has 0 N–H and O–H groups in total. The van der Waals surface area contributed by atoms with Gasteiger partial charge in [0.05, 0.1) is 17.2 Å². The molecule has 0 bridgehead atoms. The first-order chi connectivity index (χ1) is 12.0. The average molecular weight is 361 g/mol. The Morgan fingerprint density at radius 3 is 2.52 bits per heavy atom. The largest absolute Gasteiger partial charge is 0.490 e. The molecular weight excluding hydrogens is 338 g/mol. The minimum absolute atomic E-state index is 0.127. The first-order valence-electron chi connectivity index (χ1n) is 8.44. The van der Waals surface area contributed by atoms with Crippen molar-refractivity contribution in [2.75, 3.05) is 24.6 Å². The van der Waals surface area contributed by atoms with Gasteiger partial charge in [0.25, 0.3) is 10.0 Å². The predicted molar refractivity (Wildman–Crippen MR) is 97.7 cm³/mol. The molecule has 1 aliphatic heterocycles. The maximum Gasteiger partial charge on any atom is 0.264 e. The van der Waals surface area contributed by atoms with Crippen LogP contribution >= 0.6 is 0 Å². The van der Waals surface area contributed by atoms with Crippen LogP contribution in [0.3, 0.4) is 0 Å². The van der Waals surface area contributed by atoms with Crippen LogP contribution in [0.15, 0.2) is 53.4 Å². The van der Waals surface area contributed by atoms with E-state index in [1.165, 1.54) is 4.31 Å². The van der Waals surface area contributed by atoms with Crippen molar-refractivity contribution in [3.8, 4) is 5.75 Å². The van der Waals surface area contributed by atoms with Crippen LogP contribution in [0.2, 0.25) is 0 Å². The van der Waals surface area contributed by atoms with Gasteiger partial charge in [-0.05, 0) is 30.7 Å². The highest BCUT2D eigenvalue weighted by atomic mass is 32.2. The molecule has 134 valence electrons. The van der Waals surface area contributed by atoms with Gasteiger partial charge in [0.15, 0.2) is 0 Å². The molecule has 0 aromatic heterocycles. The van der Waals surface area contributed by atoms with E-state index >= 15 is 0 Å². The maximum atomic E-state index is 13.2. The molecule has 0 spiro atoms. The number of ether oxygens (including phenoxy) is 2. The summed E-state index contributed by atoms with van der Waals surface area (Å²) < 4.78 is 38.7. The van der Waals surface area contributed by atoms with E-state index in [1.807, 2.05) is 31.2 Å². The van der Waals surface area contributed by atoms with Crippen molar-refractivity contribution in [1.29, 1.82) is 0 Å². The highest BCUT2D eigenvalue weighted by Gasteiger charge is 2.27. The van der Waals surface area contributed by atoms with Gasteiger partial charge in [0.1, 0.15) is 18.5 Å². The number of rotatable bonds is 8. The van der Waals surface area contributed by atoms with E-state index < -0.39 is 10.0 Å². The van der Waals surface area contributed by atoms with Crippen LogP contribution in [0.1, 0.15) is 18.9 Å². The van der Waals surface area contributed by atoms with Gasteiger partial charge in [-0.1, -0.05) is 37.6 Å². The summed E-state index contributed by atoms with van der Waals surface area (Å²) in [6.07, 6.45) is 1.60. The van der Waals surface area contributed by atoms with Crippen LogP contribution in [-0.2, 0) is 21.2 Å². The standard InChI is InChI=1S/C19H23NO4S/c1-3-8-17-18(24-14-16-13-23-16)11-7-12-19(17)25(21,22)20(2)15-9-5-4-6-10-15/h4-7,9-12,16H,3,8,13-14H2,1-2H3. The third-order valence-electron chi connectivity index (χ3n) is 4.18. The van der Waals surface area contributed by atoms with Crippen molar-refractivity contribution in [3.63, 3.8) is 0 Å². The monoisotopic (exact) mass is 361 g/mol. The first kappa shape index (κ1) is 17.8. The number of para-hydroxylation sites is 1. The number of anilines is 1. The van der Waals surface area contributed by atoms with Gasteiger partial charge in [-0.15, -0.1) is 0 Å². The zero-order valence-electron chi connectivity index (χ0n) is 14.5. The lowest BCUT2D eigenvalue weighted by Crippen LogP contribution is -2.27. The molecule has 6 heteroatoms. The fourth-order valence-electron chi connectivity index (χ4n) is 2.69. The maximum absolute atomic E-state index is 13.2. The molecule has 1 fully saturated rings. The van der Waals surface area contributed by atoms with Gasteiger partial charge in [-0.25, -0.2) is 8.42 Å².